The maximum absolute atomic E-state index is 10.8. The molecule has 2 heterocycles. The van der Waals surface area contributed by atoms with Crippen LogP contribution in [0, 0.1) is 6.92 Å². The normalized spacial score (nSPS) is 10.3. The minimum atomic E-state index is -1.01. The zero-order chi connectivity index (χ0) is 13.0. The predicted octanol–water partition coefficient (Wildman–Crippen LogP) is 1.59. The third-order valence-corrected chi connectivity index (χ3v) is 2.99. The van der Waals surface area contributed by atoms with Crippen LogP contribution in [-0.2, 0) is 6.42 Å². The van der Waals surface area contributed by atoms with Crippen LogP contribution < -0.4 is 5.32 Å². The molecule has 0 spiro atoms. The summed E-state index contributed by atoms with van der Waals surface area (Å²) in [6.07, 6.45) is 2.10. The van der Waals surface area contributed by atoms with Crippen molar-refractivity contribution in [3.8, 4) is 0 Å². The highest BCUT2D eigenvalue weighted by molar-refractivity contribution is 7.07. The van der Waals surface area contributed by atoms with Crippen LogP contribution in [-0.4, -0.2) is 32.6 Å². The maximum Gasteiger partial charge on any atom is 0.339 e. The van der Waals surface area contributed by atoms with E-state index in [1.807, 2.05) is 5.38 Å². The number of carboxylic acids is 1. The third-order valence-electron chi connectivity index (χ3n) is 2.36. The fourth-order valence-corrected chi connectivity index (χ4v) is 2.02. The zero-order valence-electron chi connectivity index (χ0n) is 9.75. The van der Waals surface area contributed by atoms with Crippen LogP contribution in [0.4, 0.5) is 5.95 Å². The van der Waals surface area contributed by atoms with Crippen molar-refractivity contribution in [3.63, 3.8) is 0 Å². The number of carboxylic acid groups (broad SMARTS) is 1. The van der Waals surface area contributed by atoms with Gasteiger partial charge in [-0.2, -0.15) is 0 Å². The second kappa shape index (κ2) is 5.54. The average molecular weight is 264 g/mol. The van der Waals surface area contributed by atoms with Gasteiger partial charge in [-0.15, -0.1) is 11.3 Å². The van der Waals surface area contributed by atoms with E-state index in [0.29, 0.717) is 18.2 Å². The first-order valence-electron chi connectivity index (χ1n) is 5.34. The van der Waals surface area contributed by atoms with Gasteiger partial charge in [0.05, 0.1) is 22.5 Å². The molecule has 0 aliphatic carbocycles. The molecule has 0 bridgehead atoms. The topological polar surface area (TPSA) is 88.0 Å². The number of hydrogen-bond donors (Lipinski definition) is 2. The second-order valence-corrected chi connectivity index (χ2v) is 4.37. The van der Waals surface area contributed by atoms with E-state index in [9.17, 15) is 4.79 Å². The summed E-state index contributed by atoms with van der Waals surface area (Å²) < 4.78 is 0. The Labute approximate surface area is 108 Å². The molecule has 0 radical (unpaired) electrons. The van der Waals surface area contributed by atoms with Gasteiger partial charge in [-0.3, -0.25) is 0 Å². The highest BCUT2D eigenvalue weighted by Crippen LogP contribution is 2.07. The van der Waals surface area contributed by atoms with Crippen molar-refractivity contribution in [2.24, 2.45) is 0 Å². The van der Waals surface area contributed by atoms with Crippen LogP contribution in [0.25, 0.3) is 0 Å². The number of nitrogens with one attached hydrogen (secondary N) is 1. The molecule has 2 aromatic rings. The molecule has 2 rings (SSSR count). The summed E-state index contributed by atoms with van der Waals surface area (Å²) in [4.78, 5) is 23.0. The number of thiazole rings is 1. The molecule has 2 N–H and O–H groups in total. The van der Waals surface area contributed by atoms with E-state index in [2.05, 4.69) is 20.3 Å². The third kappa shape index (κ3) is 3.01. The van der Waals surface area contributed by atoms with Gasteiger partial charge in [0, 0.05) is 24.5 Å². The number of anilines is 1. The minimum absolute atomic E-state index is 0.125. The lowest BCUT2D eigenvalue weighted by molar-refractivity contribution is 0.0695. The summed E-state index contributed by atoms with van der Waals surface area (Å²) in [6.45, 7) is 2.31. The fraction of sp³-hybridized carbons (Fsp3) is 0.273. The number of aromatic nitrogens is 3. The number of nitrogens with zero attached hydrogens (tertiary/aromatic N) is 3. The van der Waals surface area contributed by atoms with Gasteiger partial charge < -0.3 is 10.4 Å². The van der Waals surface area contributed by atoms with Crippen molar-refractivity contribution in [1.29, 1.82) is 0 Å². The Morgan fingerprint density at radius 2 is 2.33 bits per heavy atom. The first-order valence-corrected chi connectivity index (χ1v) is 6.29. The summed E-state index contributed by atoms with van der Waals surface area (Å²) in [7, 11) is 0. The van der Waals surface area contributed by atoms with Crippen LogP contribution in [0.15, 0.2) is 17.1 Å². The van der Waals surface area contributed by atoms with E-state index in [1.54, 1.807) is 23.8 Å². The summed E-state index contributed by atoms with van der Waals surface area (Å²) >= 11 is 1.56. The lowest BCUT2D eigenvalue weighted by Gasteiger charge is -2.05. The Morgan fingerprint density at radius 3 is 2.94 bits per heavy atom. The van der Waals surface area contributed by atoms with Crippen LogP contribution in [0.3, 0.4) is 0 Å². The van der Waals surface area contributed by atoms with Crippen LogP contribution in [0.2, 0.25) is 0 Å². The molecule has 0 unspecified atom stereocenters. The molecule has 0 aliphatic heterocycles. The van der Waals surface area contributed by atoms with E-state index < -0.39 is 5.97 Å². The molecule has 0 saturated carbocycles. The van der Waals surface area contributed by atoms with Crippen LogP contribution in [0.5, 0.6) is 0 Å². The SMILES string of the molecule is Cc1nc(NCCc2cscn2)ncc1C(=O)O. The Hall–Kier alpha value is -2.02. The molecular weight excluding hydrogens is 252 g/mol. The van der Waals surface area contributed by atoms with Gasteiger partial charge in [-0.1, -0.05) is 0 Å². The first kappa shape index (κ1) is 12.4. The molecule has 0 aliphatic rings. The lowest BCUT2D eigenvalue weighted by Crippen LogP contribution is -2.11. The van der Waals surface area contributed by atoms with Gasteiger partial charge in [-0.05, 0) is 6.92 Å². The minimum Gasteiger partial charge on any atom is -0.478 e. The zero-order valence-corrected chi connectivity index (χ0v) is 10.6. The van der Waals surface area contributed by atoms with E-state index in [0.717, 1.165) is 12.1 Å². The standard InChI is InChI=1S/C11H12N4O2S/c1-7-9(10(16)17)4-13-11(15-7)12-3-2-8-5-18-6-14-8/h4-6H,2-3H2,1H3,(H,16,17)(H,12,13,15). The van der Waals surface area contributed by atoms with Crippen LogP contribution >= 0.6 is 11.3 Å². The summed E-state index contributed by atoms with van der Waals surface area (Å²) in [6, 6.07) is 0. The molecule has 6 nitrogen and oxygen atoms in total. The number of carbonyl (C=O) groups is 1. The molecule has 0 fully saturated rings. The fourth-order valence-electron chi connectivity index (χ4n) is 1.43. The van der Waals surface area contributed by atoms with Gasteiger partial charge >= 0.3 is 5.97 Å². The maximum atomic E-state index is 10.8. The largest absolute Gasteiger partial charge is 0.478 e. The van der Waals surface area contributed by atoms with Crippen molar-refractivity contribution in [2.75, 3.05) is 11.9 Å². The van der Waals surface area contributed by atoms with Gasteiger partial charge in [0.1, 0.15) is 0 Å². The molecule has 2 aromatic heterocycles. The average Bonchev–Trinajstić information content (AvgIpc) is 2.81. The molecule has 94 valence electrons. The second-order valence-electron chi connectivity index (χ2n) is 3.65. The number of rotatable bonds is 5. The van der Waals surface area contributed by atoms with Gasteiger partial charge in [0.2, 0.25) is 5.95 Å². The van der Waals surface area contributed by atoms with Crippen LogP contribution in [0.1, 0.15) is 21.7 Å². The molecule has 0 aromatic carbocycles. The van der Waals surface area contributed by atoms with Crippen molar-refractivity contribution in [3.05, 3.63) is 34.0 Å². The summed E-state index contributed by atoms with van der Waals surface area (Å²) in [5.41, 5.74) is 3.39. The highest BCUT2D eigenvalue weighted by Gasteiger charge is 2.09. The van der Waals surface area contributed by atoms with E-state index >= 15 is 0 Å². The summed E-state index contributed by atoms with van der Waals surface area (Å²) in [5, 5.41) is 13.9. The van der Waals surface area contributed by atoms with Gasteiger partial charge in [0.25, 0.3) is 0 Å². The first-order chi connectivity index (χ1) is 8.66. The molecule has 0 atom stereocenters. The highest BCUT2D eigenvalue weighted by atomic mass is 32.1. The monoisotopic (exact) mass is 264 g/mol. The van der Waals surface area contributed by atoms with Crippen molar-refractivity contribution in [1.82, 2.24) is 15.0 Å². The van der Waals surface area contributed by atoms with E-state index in [-0.39, 0.29) is 5.56 Å². The molecule has 7 heteroatoms. The Kier molecular flexibility index (Phi) is 3.83. The Morgan fingerprint density at radius 1 is 1.50 bits per heavy atom. The smallest absolute Gasteiger partial charge is 0.339 e. The van der Waals surface area contributed by atoms with Crippen molar-refractivity contribution in [2.45, 2.75) is 13.3 Å². The van der Waals surface area contributed by atoms with Gasteiger partial charge in [0.15, 0.2) is 0 Å². The van der Waals surface area contributed by atoms with Crippen molar-refractivity contribution >= 4 is 23.3 Å². The summed E-state index contributed by atoms with van der Waals surface area (Å²) in [5.74, 6) is -0.575. The quantitative estimate of drug-likeness (QED) is 0.852. The molecule has 18 heavy (non-hydrogen) atoms. The van der Waals surface area contributed by atoms with Gasteiger partial charge in [-0.25, -0.2) is 19.7 Å². The molecule has 0 amide bonds. The number of hydrogen-bond acceptors (Lipinski definition) is 6. The number of aromatic carboxylic acids is 1. The number of aryl methyl sites for hydroxylation is 1. The lowest BCUT2D eigenvalue weighted by atomic mass is 10.2. The molecular formula is C11H12N4O2S. The predicted molar refractivity (Wildman–Crippen MR) is 68.0 cm³/mol. The van der Waals surface area contributed by atoms with E-state index in [1.165, 1.54) is 6.20 Å². The molecule has 0 saturated heterocycles. The van der Waals surface area contributed by atoms with E-state index in [4.69, 9.17) is 5.11 Å². The Bertz CT molecular complexity index is 542. The Balaban J connectivity index is 1.94. The van der Waals surface area contributed by atoms with Crippen molar-refractivity contribution < 1.29 is 9.90 Å².